The molecular weight excluding hydrogens is 499 g/mol. The van der Waals surface area contributed by atoms with Crippen molar-refractivity contribution >= 4 is 11.7 Å². The summed E-state index contributed by atoms with van der Waals surface area (Å²) >= 11 is 0. The molecule has 1 aliphatic heterocycles. The van der Waals surface area contributed by atoms with E-state index in [4.69, 9.17) is 10.1 Å². The number of pyridine rings is 1. The minimum Gasteiger partial charge on any atom is -0.384 e. The maximum Gasteiger partial charge on any atom is 0.416 e. The summed E-state index contributed by atoms with van der Waals surface area (Å²) in [5, 5.41) is 25.9. The van der Waals surface area contributed by atoms with Gasteiger partial charge in [-0.3, -0.25) is 15.2 Å². The van der Waals surface area contributed by atoms with Gasteiger partial charge < -0.3 is 25.4 Å². The van der Waals surface area contributed by atoms with Gasteiger partial charge in [-0.25, -0.2) is 0 Å². The Morgan fingerprint density at radius 1 is 1.21 bits per heavy atom. The normalized spacial score (nSPS) is 25.8. The van der Waals surface area contributed by atoms with E-state index < -0.39 is 23.2 Å². The average molecular weight is 534 g/mol. The van der Waals surface area contributed by atoms with Gasteiger partial charge >= 0.3 is 6.18 Å². The first-order chi connectivity index (χ1) is 18.1. The predicted octanol–water partition coefficient (Wildman–Crippen LogP) is 3.32. The molecule has 38 heavy (non-hydrogen) atoms. The zero-order valence-corrected chi connectivity index (χ0v) is 21.3. The molecule has 2 aromatic rings. The van der Waals surface area contributed by atoms with E-state index >= 15 is 0 Å². The number of alkyl halides is 3. The summed E-state index contributed by atoms with van der Waals surface area (Å²) in [6, 6.07) is 10.1. The van der Waals surface area contributed by atoms with Crippen LogP contribution in [-0.2, 0) is 16.5 Å². The van der Waals surface area contributed by atoms with Gasteiger partial charge in [0, 0.05) is 37.5 Å². The third-order valence-corrected chi connectivity index (χ3v) is 7.41. The number of amides is 1. The van der Waals surface area contributed by atoms with Crippen LogP contribution in [-0.4, -0.2) is 71.7 Å². The second-order valence-corrected chi connectivity index (χ2v) is 10.1. The Morgan fingerprint density at radius 2 is 1.97 bits per heavy atom. The molecule has 0 spiro atoms. The number of hydrogen-bond donors (Lipinski definition) is 4. The number of likely N-dealkylation sites (tertiary alicyclic amines) is 1. The van der Waals surface area contributed by atoms with Crippen LogP contribution in [0.25, 0.3) is 0 Å². The van der Waals surface area contributed by atoms with Crippen LogP contribution in [0.2, 0.25) is 0 Å². The van der Waals surface area contributed by atoms with E-state index in [-0.39, 0.29) is 36.1 Å². The summed E-state index contributed by atoms with van der Waals surface area (Å²) in [7, 11) is 1.59. The number of carbonyl (C=O) groups is 1. The first kappa shape index (κ1) is 28.0. The van der Waals surface area contributed by atoms with Gasteiger partial charge in [0.2, 0.25) is 0 Å². The fraction of sp³-hybridized carbons (Fsp3) is 0.519. The molecule has 4 N–H and O–H groups in total. The van der Waals surface area contributed by atoms with Gasteiger partial charge in [-0.1, -0.05) is 12.1 Å². The van der Waals surface area contributed by atoms with Gasteiger partial charge in [0.15, 0.2) is 0 Å². The van der Waals surface area contributed by atoms with E-state index in [2.05, 4.69) is 15.6 Å². The monoisotopic (exact) mass is 533 g/mol. The number of rotatable bonds is 8. The highest BCUT2D eigenvalue weighted by atomic mass is 19.4. The van der Waals surface area contributed by atoms with Crippen molar-refractivity contribution in [3.05, 3.63) is 65.5 Å². The molecule has 11 heteroatoms. The number of aliphatic hydroxyl groups is 1. The Morgan fingerprint density at radius 3 is 2.63 bits per heavy atom. The summed E-state index contributed by atoms with van der Waals surface area (Å²) in [5.41, 5.74) is -1.22. The van der Waals surface area contributed by atoms with Crippen molar-refractivity contribution in [3.8, 4) is 0 Å². The van der Waals surface area contributed by atoms with Gasteiger partial charge in [0.25, 0.3) is 5.91 Å². The van der Waals surface area contributed by atoms with E-state index in [1.165, 1.54) is 12.1 Å². The Bertz CT molecular complexity index is 1110. The molecule has 2 heterocycles. The lowest BCUT2D eigenvalue weighted by Crippen LogP contribution is -2.46. The number of halogens is 3. The number of nitrogens with one attached hydrogen (secondary N) is 3. The van der Waals surface area contributed by atoms with Crippen LogP contribution in [0.15, 0.2) is 48.7 Å². The fourth-order valence-corrected chi connectivity index (χ4v) is 5.41. The molecule has 4 rings (SSSR count). The fourth-order valence-electron chi connectivity index (χ4n) is 5.41. The van der Waals surface area contributed by atoms with E-state index in [0.29, 0.717) is 31.7 Å². The Hall–Kier alpha value is -3.02. The number of methoxy groups -OCH3 is 1. The number of amidine groups is 1. The maximum absolute atomic E-state index is 13.0. The van der Waals surface area contributed by atoms with Crippen molar-refractivity contribution < 1.29 is 27.8 Å². The number of aromatic nitrogens is 1. The van der Waals surface area contributed by atoms with E-state index in [9.17, 15) is 23.1 Å². The van der Waals surface area contributed by atoms with Crippen LogP contribution in [0.4, 0.5) is 13.2 Å². The van der Waals surface area contributed by atoms with Gasteiger partial charge in [0.05, 0.1) is 30.5 Å². The molecule has 1 aromatic heterocycles. The first-order valence-electron chi connectivity index (χ1n) is 12.8. The van der Waals surface area contributed by atoms with Crippen molar-refractivity contribution in [1.82, 2.24) is 20.5 Å². The molecule has 0 unspecified atom stereocenters. The molecule has 2 fully saturated rings. The van der Waals surface area contributed by atoms with Gasteiger partial charge in [-0.15, -0.1) is 0 Å². The molecule has 1 aromatic carbocycles. The molecule has 1 saturated heterocycles. The smallest absolute Gasteiger partial charge is 0.384 e. The molecule has 2 aliphatic rings. The highest BCUT2D eigenvalue weighted by Gasteiger charge is 2.39. The molecule has 2 atom stereocenters. The second-order valence-electron chi connectivity index (χ2n) is 10.1. The maximum atomic E-state index is 13.0. The zero-order chi connectivity index (χ0) is 27.3. The standard InChI is InChI=1S/C27H34F3N5O3/c1-38-17-22-14-21(34-20-8-10-26(37,11-9-20)23-7-2-3-12-32-23)16-35(22)24(31)15-33-25(36)18-5-4-6-19(13-18)27(28,29)30/h2-7,12-13,20-22,31,34,37H,8-11,14-17H2,1H3,(H,33,36)/t20?,21-,22-,26?/m0/s1. The number of ether oxygens (including phenoxy) is 1. The lowest BCUT2D eigenvalue weighted by Gasteiger charge is -2.37. The molecule has 206 valence electrons. The third kappa shape index (κ3) is 6.69. The number of hydrogen-bond acceptors (Lipinski definition) is 6. The second kappa shape index (κ2) is 11.8. The third-order valence-electron chi connectivity index (χ3n) is 7.41. The van der Waals surface area contributed by atoms with Crippen molar-refractivity contribution in [1.29, 1.82) is 5.41 Å². The molecule has 8 nitrogen and oxygen atoms in total. The summed E-state index contributed by atoms with van der Waals surface area (Å²) in [6.45, 7) is 0.849. The minimum absolute atomic E-state index is 0.0653. The predicted molar refractivity (Wildman–Crippen MR) is 136 cm³/mol. The molecular formula is C27H34F3N5O3. The van der Waals surface area contributed by atoms with Crippen LogP contribution in [0.3, 0.4) is 0 Å². The Balaban J connectivity index is 1.30. The lowest BCUT2D eigenvalue weighted by molar-refractivity contribution is -0.137. The molecule has 0 radical (unpaired) electrons. The Labute approximate surface area is 220 Å². The van der Waals surface area contributed by atoms with E-state index in [0.717, 1.165) is 31.4 Å². The minimum atomic E-state index is -4.54. The van der Waals surface area contributed by atoms with Crippen molar-refractivity contribution in [2.45, 2.75) is 62.0 Å². The van der Waals surface area contributed by atoms with Crippen molar-refractivity contribution in [3.63, 3.8) is 0 Å². The van der Waals surface area contributed by atoms with Gasteiger partial charge in [-0.05, 0) is 62.4 Å². The van der Waals surface area contributed by atoms with Crippen molar-refractivity contribution in [2.75, 3.05) is 26.8 Å². The largest absolute Gasteiger partial charge is 0.416 e. The Kier molecular flexibility index (Phi) is 8.69. The van der Waals surface area contributed by atoms with Crippen LogP contribution in [0.1, 0.15) is 53.7 Å². The molecule has 1 aliphatic carbocycles. The van der Waals surface area contributed by atoms with Crippen LogP contribution < -0.4 is 10.6 Å². The average Bonchev–Trinajstić information content (AvgIpc) is 3.31. The number of carbonyl (C=O) groups excluding carboxylic acids is 1. The molecule has 1 amide bonds. The number of nitrogens with zero attached hydrogens (tertiary/aromatic N) is 2. The first-order valence-corrected chi connectivity index (χ1v) is 12.8. The SMILES string of the molecule is COC[C@@H]1C[C@H](NC2CCC(O)(c3ccccn3)CC2)CN1C(=N)CNC(=O)c1cccc(C(F)(F)F)c1. The molecule has 1 saturated carbocycles. The summed E-state index contributed by atoms with van der Waals surface area (Å²) in [4.78, 5) is 18.7. The highest BCUT2D eigenvalue weighted by molar-refractivity contribution is 5.97. The van der Waals surface area contributed by atoms with Gasteiger partial charge in [-0.2, -0.15) is 13.2 Å². The van der Waals surface area contributed by atoms with E-state index in [1.54, 1.807) is 13.3 Å². The van der Waals surface area contributed by atoms with Crippen molar-refractivity contribution in [2.24, 2.45) is 0 Å². The topological polar surface area (TPSA) is 111 Å². The van der Waals surface area contributed by atoms with Crippen LogP contribution in [0, 0.1) is 5.41 Å². The lowest BCUT2D eigenvalue weighted by atomic mass is 9.79. The van der Waals surface area contributed by atoms with Crippen LogP contribution >= 0.6 is 0 Å². The zero-order valence-electron chi connectivity index (χ0n) is 21.3. The summed E-state index contributed by atoms with van der Waals surface area (Å²) < 4.78 is 44.3. The summed E-state index contributed by atoms with van der Waals surface area (Å²) in [5.74, 6) is -0.495. The molecule has 0 bridgehead atoms. The van der Waals surface area contributed by atoms with E-state index in [1.807, 2.05) is 23.1 Å². The highest BCUT2D eigenvalue weighted by Crippen LogP contribution is 2.36. The number of benzene rings is 1. The summed E-state index contributed by atoms with van der Waals surface area (Å²) in [6.07, 6.45) is 0.708. The van der Waals surface area contributed by atoms with Crippen LogP contribution in [0.5, 0.6) is 0 Å². The van der Waals surface area contributed by atoms with Gasteiger partial charge in [0.1, 0.15) is 11.4 Å². The quantitative estimate of drug-likeness (QED) is 0.306.